The summed E-state index contributed by atoms with van der Waals surface area (Å²) in [6.07, 6.45) is 0. The number of rotatable bonds is 6. The van der Waals surface area contributed by atoms with Crippen molar-refractivity contribution in [1.29, 1.82) is 0 Å². The standard InChI is InChI=1S/C18H15BrN2O4S/c19-15-6-9-17(10-7-15)26(23,24)21-20-18(22)12-25-16-8-5-13-3-1-2-4-14(13)11-16/h1-11,21H,12H2,(H,20,22). The smallest absolute Gasteiger partial charge is 0.272 e. The first-order chi connectivity index (χ1) is 12.4. The molecule has 0 aliphatic carbocycles. The molecule has 2 N–H and O–H groups in total. The van der Waals surface area contributed by atoms with E-state index in [1.807, 2.05) is 41.2 Å². The van der Waals surface area contributed by atoms with Crippen LogP contribution in [0.15, 0.2) is 76.1 Å². The molecule has 0 aliphatic rings. The van der Waals surface area contributed by atoms with Gasteiger partial charge in [0.05, 0.1) is 4.90 Å². The zero-order chi connectivity index (χ0) is 18.6. The number of carbonyl (C=O) groups is 1. The second-order valence-electron chi connectivity index (χ2n) is 5.41. The molecule has 0 fully saturated rings. The number of hydrogen-bond donors (Lipinski definition) is 2. The van der Waals surface area contributed by atoms with Crippen LogP contribution >= 0.6 is 15.9 Å². The van der Waals surface area contributed by atoms with Crippen LogP contribution in [0.4, 0.5) is 0 Å². The second kappa shape index (κ2) is 7.86. The van der Waals surface area contributed by atoms with Crippen molar-refractivity contribution in [3.63, 3.8) is 0 Å². The fourth-order valence-electron chi connectivity index (χ4n) is 2.24. The van der Waals surface area contributed by atoms with Gasteiger partial charge in [-0.05, 0) is 47.2 Å². The van der Waals surface area contributed by atoms with Crippen molar-refractivity contribution >= 4 is 42.6 Å². The normalized spacial score (nSPS) is 11.3. The lowest BCUT2D eigenvalue weighted by molar-refractivity contribution is -0.123. The van der Waals surface area contributed by atoms with E-state index >= 15 is 0 Å². The summed E-state index contributed by atoms with van der Waals surface area (Å²) in [6, 6.07) is 19.3. The van der Waals surface area contributed by atoms with Gasteiger partial charge in [0, 0.05) is 4.47 Å². The van der Waals surface area contributed by atoms with Gasteiger partial charge in [-0.25, -0.2) is 8.42 Å². The van der Waals surface area contributed by atoms with Crippen LogP contribution in [-0.4, -0.2) is 20.9 Å². The SMILES string of the molecule is O=C(COc1ccc2ccccc2c1)NNS(=O)(=O)c1ccc(Br)cc1. The Labute approximate surface area is 159 Å². The van der Waals surface area contributed by atoms with E-state index in [4.69, 9.17) is 4.74 Å². The summed E-state index contributed by atoms with van der Waals surface area (Å²) >= 11 is 3.23. The van der Waals surface area contributed by atoms with E-state index in [2.05, 4.69) is 21.4 Å². The first-order valence-corrected chi connectivity index (χ1v) is 9.89. The lowest BCUT2D eigenvalue weighted by atomic mass is 10.1. The highest BCUT2D eigenvalue weighted by atomic mass is 79.9. The van der Waals surface area contributed by atoms with Gasteiger partial charge in [0.2, 0.25) is 0 Å². The fourth-order valence-corrected chi connectivity index (χ4v) is 3.36. The van der Waals surface area contributed by atoms with Crippen LogP contribution in [0.1, 0.15) is 0 Å². The topological polar surface area (TPSA) is 84.5 Å². The number of ether oxygens (including phenoxy) is 1. The molecule has 0 aromatic heterocycles. The van der Waals surface area contributed by atoms with Crippen LogP contribution in [0.3, 0.4) is 0 Å². The Morgan fingerprint density at radius 2 is 1.65 bits per heavy atom. The van der Waals surface area contributed by atoms with E-state index in [0.717, 1.165) is 15.2 Å². The maximum atomic E-state index is 12.1. The Balaban J connectivity index is 1.55. The predicted molar refractivity (Wildman–Crippen MR) is 102 cm³/mol. The molecule has 0 heterocycles. The van der Waals surface area contributed by atoms with Gasteiger partial charge >= 0.3 is 0 Å². The lowest BCUT2D eigenvalue weighted by Gasteiger charge is -2.10. The lowest BCUT2D eigenvalue weighted by Crippen LogP contribution is -2.43. The summed E-state index contributed by atoms with van der Waals surface area (Å²) in [7, 11) is -3.84. The molecule has 0 saturated carbocycles. The van der Waals surface area contributed by atoms with Gasteiger partial charge in [0.1, 0.15) is 5.75 Å². The second-order valence-corrected chi connectivity index (χ2v) is 8.00. The van der Waals surface area contributed by atoms with E-state index < -0.39 is 15.9 Å². The maximum Gasteiger partial charge on any atom is 0.272 e. The average molecular weight is 435 g/mol. The summed E-state index contributed by atoms with van der Waals surface area (Å²) in [5.41, 5.74) is 2.13. The van der Waals surface area contributed by atoms with Gasteiger partial charge in [-0.1, -0.05) is 46.3 Å². The van der Waals surface area contributed by atoms with Crippen molar-refractivity contribution in [3.05, 3.63) is 71.2 Å². The van der Waals surface area contributed by atoms with Crippen LogP contribution < -0.4 is 15.0 Å². The van der Waals surface area contributed by atoms with Crippen LogP contribution in [0.25, 0.3) is 10.8 Å². The molecular formula is C18H15BrN2O4S. The Hall–Kier alpha value is -2.42. The summed E-state index contributed by atoms with van der Waals surface area (Å²) in [4.78, 5) is 13.9. The molecule has 26 heavy (non-hydrogen) atoms. The largest absolute Gasteiger partial charge is 0.484 e. The van der Waals surface area contributed by atoms with Gasteiger partial charge in [-0.15, -0.1) is 4.83 Å². The summed E-state index contributed by atoms with van der Waals surface area (Å²) in [5, 5.41) is 2.05. The molecule has 3 rings (SSSR count). The van der Waals surface area contributed by atoms with Crippen molar-refractivity contribution < 1.29 is 17.9 Å². The predicted octanol–water partition coefficient (Wildman–Crippen LogP) is 2.99. The van der Waals surface area contributed by atoms with E-state index in [1.165, 1.54) is 12.1 Å². The summed E-state index contributed by atoms with van der Waals surface area (Å²) in [5.74, 6) is -0.0894. The van der Waals surface area contributed by atoms with E-state index in [-0.39, 0.29) is 11.5 Å². The number of hydrazine groups is 1. The molecule has 0 saturated heterocycles. The molecule has 0 bridgehead atoms. The highest BCUT2D eigenvalue weighted by molar-refractivity contribution is 9.10. The number of amides is 1. The summed E-state index contributed by atoms with van der Waals surface area (Å²) < 4.78 is 30.3. The van der Waals surface area contributed by atoms with Crippen LogP contribution in [0.5, 0.6) is 5.75 Å². The number of hydrogen-bond acceptors (Lipinski definition) is 4. The number of sulfonamides is 1. The van der Waals surface area contributed by atoms with Crippen LogP contribution in [0.2, 0.25) is 0 Å². The number of carbonyl (C=O) groups excluding carboxylic acids is 1. The Morgan fingerprint density at radius 3 is 2.38 bits per heavy atom. The van der Waals surface area contributed by atoms with Crippen molar-refractivity contribution in [3.8, 4) is 5.75 Å². The van der Waals surface area contributed by atoms with Gasteiger partial charge in [-0.2, -0.15) is 0 Å². The van der Waals surface area contributed by atoms with Gasteiger partial charge in [0.25, 0.3) is 15.9 Å². The van der Waals surface area contributed by atoms with Crippen LogP contribution in [0, 0.1) is 0 Å². The zero-order valence-electron chi connectivity index (χ0n) is 13.5. The number of nitrogens with one attached hydrogen (secondary N) is 2. The molecule has 3 aromatic rings. The fraction of sp³-hybridized carbons (Fsp3) is 0.0556. The number of benzene rings is 3. The Kier molecular flexibility index (Phi) is 5.55. The molecule has 1 amide bonds. The minimum Gasteiger partial charge on any atom is -0.484 e. The van der Waals surface area contributed by atoms with Crippen molar-refractivity contribution in [2.24, 2.45) is 0 Å². The number of fused-ring (bicyclic) bond motifs is 1. The molecule has 134 valence electrons. The van der Waals surface area contributed by atoms with E-state index in [0.29, 0.717) is 5.75 Å². The van der Waals surface area contributed by atoms with E-state index in [1.54, 1.807) is 18.2 Å². The maximum absolute atomic E-state index is 12.1. The molecule has 6 nitrogen and oxygen atoms in total. The third kappa shape index (κ3) is 4.60. The molecular weight excluding hydrogens is 420 g/mol. The zero-order valence-corrected chi connectivity index (χ0v) is 15.9. The molecule has 0 unspecified atom stereocenters. The number of halogens is 1. The van der Waals surface area contributed by atoms with Crippen molar-refractivity contribution in [2.75, 3.05) is 6.61 Å². The highest BCUT2D eigenvalue weighted by Crippen LogP contribution is 2.20. The highest BCUT2D eigenvalue weighted by Gasteiger charge is 2.15. The monoisotopic (exact) mass is 434 g/mol. The molecule has 0 atom stereocenters. The molecule has 3 aromatic carbocycles. The molecule has 8 heteroatoms. The third-order valence-corrected chi connectivity index (χ3v) is 5.33. The van der Waals surface area contributed by atoms with Crippen molar-refractivity contribution in [1.82, 2.24) is 10.3 Å². The van der Waals surface area contributed by atoms with Gasteiger partial charge < -0.3 is 4.74 Å². The minimum absolute atomic E-state index is 0.0384. The van der Waals surface area contributed by atoms with Gasteiger partial charge in [-0.3, -0.25) is 10.2 Å². The minimum atomic E-state index is -3.84. The van der Waals surface area contributed by atoms with Gasteiger partial charge in [0.15, 0.2) is 6.61 Å². The molecule has 0 aliphatic heterocycles. The van der Waals surface area contributed by atoms with Crippen molar-refractivity contribution in [2.45, 2.75) is 4.90 Å². The Morgan fingerprint density at radius 1 is 0.962 bits per heavy atom. The summed E-state index contributed by atoms with van der Waals surface area (Å²) in [6.45, 7) is -0.318. The molecule has 0 radical (unpaired) electrons. The van der Waals surface area contributed by atoms with E-state index in [9.17, 15) is 13.2 Å². The Bertz CT molecular complexity index is 1040. The molecule has 0 spiro atoms. The average Bonchev–Trinajstić information content (AvgIpc) is 2.65. The first-order valence-electron chi connectivity index (χ1n) is 7.62. The quantitative estimate of drug-likeness (QED) is 0.584. The first kappa shape index (κ1) is 18.4. The van der Waals surface area contributed by atoms with Crippen LogP contribution in [-0.2, 0) is 14.8 Å². The third-order valence-electron chi connectivity index (χ3n) is 3.54.